The van der Waals surface area contributed by atoms with E-state index in [4.69, 9.17) is 0 Å². The van der Waals surface area contributed by atoms with E-state index in [1.165, 1.54) is 51.6 Å². The van der Waals surface area contributed by atoms with Crippen LogP contribution in [0.25, 0.3) is 0 Å². The molecular formula is C13H29N. The molecule has 0 saturated heterocycles. The maximum absolute atomic E-state index is 3.57. The molecule has 1 atom stereocenters. The van der Waals surface area contributed by atoms with Crippen molar-refractivity contribution in [3.05, 3.63) is 0 Å². The number of unbranched alkanes of at least 4 members (excludes halogenated alkanes) is 1. The van der Waals surface area contributed by atoms with Crippen molar-refractivity contribution in [2.45, 2.75) is 66.2 Å². The summed E-state index contributed by atoms with van der Waals surface area (Å²) in [4.78, 5) is 0. The standard InChI is InChI=1S/C13H29N/c1-5-8-10-13(4,9-6-2)12-14-11-7-3/h14H,5-12H2,1-4H3. The quantitative estimate of drug-likeness (QED) is 0.554. The van der Waals surface area contributed by atoms with Crippen molar-refractivity contribution in [2.24, 2.45) is 5.41 Å². The maximum Gasteiger partial charge on any atom is 0.000516 e. The van der Waals surface area contributed by atoms with Gasteiger partial charge in [0.05, 0.1) is 0 Å². The van der Waals surface area contributed by atoms with Crippen molar-refractivity contribution in [1.29, 1.82) is 0 Å². The zero-order chi connectivity index (χ0) is 10.9. The number of rotatable bonds is 9. The zero-order valence-electron chi connectivity index (χ0n) is 10.7. The van der Waals surface area contributed by atoms with Crippen LogP contribution in [0.3, 0.4) is 0 Å². The number of nitrogens with one attached hydrogen (secondary N) is 1. The minimum absolute atomic E-state index is 0.542. The Morgan fingerprint density at radius 1 is 0.929 bits per heavy atom. The Bertz CT molecular complexity index is 122. The molecule has 0 bridgehead atoms. The number of hydrogen-bond donors (Lipinski definition) is 1. The average Bonchev–Trinajstić information content (AvgIpc) is 2.16. The molecule has 0 aliphatic heterocycles. The molecule has 0 fully saturated rings. The molecule has 0 rings (SSSR count). The van der Waals surface area contributed by atoms with E-state index in [-0.39, 0.29) is 0 Å². The molecule has 14 heavy (non-hydrogen) atoms. The van der Waals surface area contributed by atoms with Crippen molar-refractivity contribution >= 4 is 0 Å². The first-order chi connectivity index (χ1) is 6.68. The highest BCUT2D eigenvalue weighted by molar-refractivity contribution is 4.76. The summed E-state index contributed by atoms with van der Waals surface area (Å²) in [7, 11) is 0. The fraction of sp³-hybridized carbons (Fsp3) is 1.00. The minimum Gasteiger partial charge on any atom is -0.316 e. The molecule has 0 aromatic carbocycles. The summed E-state index contributed by atoms with van der Waals surface area (Å²) in [5.41, 5.74) is 0.542. The first kappa shape index (κ1) is 14.0. The molecule has 86 valence electrons. The molecule has 0 saturated carbocycles. The van der Waals surface area contributed by atoms with Crippen molar-refractivity contribution in [1.82, 2.24) is 5.32 Å². The average molecular weight is 199 g/mol. The van der Waals surface area contributed by atoms with Crippen LogP contribution >= 0.6 is 0 Å². The van der Waals surface area contributed by atoms with Gasteiger partial charge in [0.15, 0.2) is 0 Å². The van der Waals surface area contributed by atoms with Gasteiger partial charge >= 0.3 is 0 Å². The lowest BCUT2D eigenvalue weighted by atomic mass is 9.80. The monoisotopic (exact) mass is 199 g/mol. The summed E-state index contributed by atoms with van der Waals surface area (Å²) in [5.74, 6) is 0. The first-order valence-corrected chi connectivity index (χ1v) is 6.39. The van der Waals surface area contributed by atoms with Crippen molar-refractivity contribution < 1.29 is 0 Å². The molecule has 0 amide bonds. The molecule has 1 unspecified atom stereocenters. The summed E-state index contributed by atoms with van der Waals surface area (Å²) >= 11 is 0. The van der Waals surface area contributed by atoms with Gasteiger partial charge in [0, 0.05) is 6.54 Å². The van der Waals surface area contributed by atoms with Gasteiger partial charge in [0.25, 0.3) is 0 Å². The maximum atomic E-state index is 3.57. The fourth-order valence-corrected chi connectivity index (χ4v) is 2.08. The van der Waals surface area contributed by atoms with Crippen LogP contribution < -0.4 is 5.32 Å². The van der Waals surface area contributed by atoms with E-state index in [0.717, 1.165) is 0 Å². The second kappa shape index (κ2) is 8.28. The molecule has 0 heterocycles. The molecule has 1 N–H and O–H groups in total. The van der Waals surface area contributed by atoms with Crippen molar-refractivity contribution in [2.75, 3.05) is 13.1 Å². The lowest BCUT2D eigenvalue weighted by Gasteiger charge is -2.29. The van der Waals surface area contributed by atoms with Crippen LogP contribution in [-0.4, -0.2) is 13.1 Å². The van der Waals surface area contributed by atoms with Crippen LogP contribution in [0.5, 0.6) is 0 Å². The second-order valence-corrected chi connectivity index (χ2v) is 4.84. The summed E-state index contributed by atoms with van der Waals surface area (Å²) in [5, 5.41) is 3.57. The molecule has 0 aliphatic carbocycles. The molecule has 0 aliphatic rings. The second-order valence-electron chi connectivity index (χ2n) is 4.84. The van der Waals surface area contributed by atoms with Gasteiger partial charge in [-0.1, -0.05) is 47.0 Å². The van der Waals surface area contributed by atoms with Crippen LogP contribution in [0.15, 0.2) is 0 Å². The van der Waals surface area contributed by atoms with Crippen LogP contribution in [0.1, 0.15) is 66.2 Å². The lowest BCUT2D eigenvalue weighted by molar-refractivity contribution is 0.249. The molecule has 0 spiro atoms. The minimum atomic E-state index is 0.542. The molecule has 0 aromatic heterocycles. The third kappa shape index (κ3) is 6.42. The number of hydrogen-bond acceptors (Lipinski definition) is 1. The van der Waals surface area contributed by atoms with Gasteiger partial charge < -0.3 is 5.32 Å². The highest BCUT2D eigenvalue weighted by Crippen LogP contribution is 2.28. The van der Waals surface area contributed by atoms with Crippen LogP contribution in [0.2, 0.25) is 0 Å². The van der Waals surface area contributed by atoms with E-state index in [0.29, 0.717) is 5.41 Å². The molecule has 1 nitrogen and oxygen atoms in total. The Morgan fingerprint density at radius 2 is 1.64 bits per heavy atom. The van der Waals surface area contributed by atoms with E-state index >= 15 is 0 Å². The van der Waals surface area contributed by atoms with Gasteiger partial charge in [-0.05, 0) is 31.2 Å². The van der Waals surface area contributed by atoms with Gasteiger partial charge in [-0.15, -0.1) is 0 Å². The summed E-state index contributed by atoms with van der Waals surface area (Å²) in [6.07, 6.45) is 8.01. The summed E-state index contributed by atoms with van der Waals surface area (Å²) in [6, 6.07) is 0. The Balaban J connectivity index is 3.82. The molecule has 0 aromatic rings. The Kier molecular flexibility index (Phi) is 8.26. The largest absolute Gasteiger partial charge is 0.316 e. The van der Waals surface area contributed by atoms with E-state index in [1.807, 2.05) is 0 Å². The topological polar surface area (TPSA) is 12.0 Å². The van der Waals surface area contributed by atoms with Crippen LogP contribution in [0.4, 0.5) is 0 Å². The van der Waals surface area contributed by atoms with E-state index in [9.17, 15) is 0 Å². The molecule has 0 radical (unpaired) electrons. The Labute approximate surface area is 90.7 Å². The fourth-order valence-electron chi connectivity index (χ4n) is 2.08. The molecular weight excluding hydrogens is 170 g/mol. The summed E-state index contributed by atoms with van der Waals surface area (Å²) in [6.45, 7) is 11.6. The van der Waals surface area contributed by atoms with Crippen molar-refractivity contribution in [3.8, 4) is 0 Å². The SMILES string of the molecule is CCCCC(C)(CCC)CNCCC. The molecule has 1 heteroatoms. The smallest absolute Gasteiger partial charge is 0.000516 e. The predicted molar refractivity (Wildman–Crippen MR) is 65.7 cm³/mol. The van der Waals surface area contributed by atoms with Crippen molar-refractivity contribution in [3.63, 3.8) is 0 Å². The zero-order valence-corrected chi connectivity index (χ0v) is 10.7. The van der Waals surface area contributed by atoms with E-state index in [2.05, 4.69) is 33.0 Å². The third-order valence-corrected chi connectivity index (χ3v) is 2.97. The van der Waals surface area contributed by atoms with Gasteiger partial charge in [-0.2, -0.15) is 0 Å². The Morgan fingerprint density at radius 3 is 2.14 bits per heavy atom. The predicted octanol–water partition coefficient (Wildman–Crippen LogP) is 3.98. The Hall–Kier alpha value is -0.0400. The van der Waals surface area contributed by atoms with Gasteiger partial charge in [0.1, 0.15) is 0 Å². The van der Waals surface area contributed by atoms with E-state index < -0.39 is 0 Å². The first-order valence-electron chi connectivity index (χ1n) is 6.39. The van der Waals surface area contributed by atoms with Crippen LogP contribution in [0, 0.1) is 5.41 Å². The lowest BCUT2D eigenvalue weighted by Crippen LogP contribution is -2.32. The normalized spacial score (nSPS) is 15.4. The van der Waals surface area contributed by atoms with E-state index in [1.54, 1.807) is 0 Å². The third-order valence-electron chi connectivity index (χ3n) is 2.97. The highest BCUT2D eigenvalue weighted by Gasteiger charge is 2.21. The van der Waals surface area contributed by atoms with Crippen LogP contribution in [-0.2, 0) is 0 Å². The van der Waals surface area contributed by atoms with Gasteiger partial charge in [-0.3, -0.25) is 0 Å². The highest BCUT2D eigenvalue weighted by atomic mass is 14.9. The van der Waals surface area contributed by atoms with Gasteiger partial charge in [-0.25, -0.2) is 0 Å². The summed E-state index contributed by atoms with van der Waals surface area (Å²) < 4.78 is 0. The van der Waals surface area contributed by atoms with Gasteiger partial charge in [0.2, 0.25) is 0 Å².